The minimum absolute atomic E-state index is 0.242. The first-order valence-electron chi connectivity index (χ1n) is 1.95. The van der Waals surface area contributed by atoms with Crippen LogP contribution in [-0.4, -0.2) is 9.72 Å². The van der Waals surface area contributed by atoms with Gasteiger partial charge in [-0.25, -0.2) is 0 Å². The van der Waals surface area contributed by atoms with E-state index in [2.05, 4.69) is 6.58 Å². The molecule has 34 valence electrons. The summed E-state index contributed by atoms with van der Waals surface area (Å²) in [5, 5.41) is 8.59. The molecule has 0 saturated carbocycles. The van der Waals surface area contributed by atoms with Gasteiger partial charge in [0, 0.05) is 0 Å². The van der Waals surface area contributed by atoms with Crippen molar-refractivity contribution in [2.75, 3.05) is 0 Å². The Kier molecular flexibility index (Phi) is 3.82. The second kappa shape index (κ2) is 3.95. The van der Waals surface area contributed by atoms with Gasteiger partial charge < -0.3 is 0 Å². The van der Waals surface area contributed by atoms with Crippen LogP contribution in [0.4, 0.5) is 0 Å². The standard InChI is InChI=1S/C5H6O.Zn/c1-3-5(6)4-2;/h1,3-4,6H,2H2;. The number of aliphatic hydroxyl groups excluding tert-OH is 1. The number of allylic oxidation sites excluding steroid dienone is 2. The fourth-order valence-electron chi connectivity index (χ4n) is 0.189. The molecule has 0 spiro atoms. The Labute approximate surface area is 52.6 Å². The van der Waals surface area contributed by atoms with Crippen LogP contribution in [0.3, 0.4) is 0 Å². The van der Waals surface area contributed by atoms with E-state index in [0.29, 0.717) is 0 Å². The molecule has 7 heavy (non-hydrogen) atoms. The normalized spacial score (nSPS) is 10.9. The van der Waals surface area contributed by atoms with Crippen LogP contribution in [-0.2, 0) is 17.9 Å². The number of rotatable bonds is 2. The van der Waals surface area contributed by atoms with Crippen LogP contribution in [0.1, 0.15) is 0 Å². The fourth-order valence-corrected chi connectivity index (χ4v) is 0.695. The molecule has 0 aromatic rings. The molecule has 0 unspecified atom stereocenters. The van der Waals surface area contributed by atoms with Crippen LogP contribution < -0.4 is 0 Å². The van der Waals surface area contributed by atoms with Gasteiger partial charge in [0.2, 0.25) is 0 Å². The Morgan fingerprint density at radius 1 is 1.71 bits per heavy atom. The molecule has 0 aromatic carbocycles. The van der Waals surface area contributed by atoms with Crippen molar-refractivity contribution in [3.05, 3.63) is 24.5 Å². The first-order chi connectivity index (χ1) is 3.31. The summed E-state index contributed by atoms with van der Waals surface area (Å²) in [6, 6.07) is 0. The summed E-state index contributed by atoms with van der Waals surface area (Å²) in [6.45, 7) is 3.35. The summed E-state index contributed by atoms with van der Waals surface area (Å²) >= 11 is 1.07. The zero-order valence-electron chi connectivity index (χ0n) is 4.09. The summed E-state index contributed by atoms with van der Waals surface area (Å²) in [4.78, 5) is 0. The summed E-state index contributed by atoms with van der Waals surface area (Å²) in [5.74, 6) is 0.242. The van der Waals surface area contributed by atoms with Crippen molar-refractivity contribution in [1.82, 2.24) is 0 Å². The summed E-state index contributed by atoms with van der Waals surface area (Å²) in [6.07, 6.45) is 3.04. The van der Waals surface area contributed by atoms with E-state index in [0.717, 1.165) is 17.9 Å². The molecular formula is C5H6OZn. The third kappa shape index (κ3) is 3.61. The van der Waals surface area contributed by atoms with Crippen LogP contribution in [0.2, 0.25) is 0 Å². The Morgan fingerprint density at radius 2 is 2.29 bits per heavy atom. The predicted molar refractivity (Wildman–Crippen MR) is 27.0 cm³/mol. The molecule has 0 bridgehead atoms. The van der Waals surface area contributed by atoms with Crippen LogP contribution in [0, 0.1) is 0 Å². The van der Waals surface area contributed by atoms with E-state index in [9.17, 15) is 0 Å². The second-order valence-electron chi connectivity index (χ2n) is 1.03. The fraction of sp³-hybridized carbons (Fsp3) is 0. The molecule has 0 aromatic heterocycles. The summed E-state index contributed by atoms with van der Waals surface area (Å²) < 4.78 is 1.87. The van der Waals surface area contributed by atoms with Crippen molar-refractivity contribution in [2.24, 2.45) is 0 Å². The quantitative estimate of drug-likeness (QED) is 0.351. The van der Waals surface area contributed by atoms with Crippen molar-refractivity contribution in [2.45, 2.75) is 0 Å². The van der Waals surface area contributed by atoms with E-state index >= 15 is 0 Å². The Morgan fingerprint density at radius 3 is 2.43 bits per heavy atom. The molecule has 1 nitrogen and oxygen atoms in total. The van der Waals surface area contributed by atoms with Gasteiger partial charge in [-0.15, -0.1) is 0 Å². The predicted octanol–water partition coefficient (Wildman–Crippen LogP) is 0.963. The van der Waals surface area contributed by atoms with Crippen molar-refractivity contribution in [3.8, 4) is 0 Å². The third-order valence-corrected chi connectivity index (χ3v) is 0.992. The SMILES string of the molecule is C=CC(O)=C[CH]=[Zn]. The average Bonchev–Trinajstić information content (AvgIpc) is 1.68. The minimum atomic E-state index is 0.242. The van der Waals surface area contributed by atoms with Crippen molar-refractivity contribution < 1.29 is 23.0 Å². The number of hydrogen-bond acceptors (Lipinski definition) is 1. The topological polar surface area (TPSA) is 20.2 Å². The molecule has 0 heterocycles. The zero-order valence-corrected chi connectivity index (χ0v) is 7.06. The number of hydrogen-bond donors (Lipinski definition) is 1. The molecule has 0 atom stereocenters. The van der Waals surface area contributed by atoms with Crippen molar-refractivity contribution in [3.63, 3.8) is 0 Å². The van der Waals surface area contributed by atoms with Gasteiger partial charge in [0.1, 0.15) is 0 Å². The Hall–Kier alpha value is -0.227. The van der Waals surface area contributed by atoms with Crippen molar-refractivity contribution >= 4 is 4.61 Å². The van der Waals surface area contributed by atoms with E-state index in [1.165, 1.54) is 6.08 Å². The van der Waals surface area contributed by atoms with Crippen LogP contribution in [0.15, 0.2) is 24.5 Å². The third-order valence-electron chi connectivity index (χ3n) is 0.498. The van der Waals surface area contributed by atoms with E-state index in [-0.39, 0.29) is 5.76 Å². The molecule has 0 saturated heterocycles. The van der Waals surface area contributed by atoms with Gasteiger partial charge in [0.25, 0.3) is 0 Å². The van der Waals surface area contributed by atoms with Crippen molar-refractivity contribution in [1.29, 1.82) is 0 Å². The van der Waals surface area contributed by atoms with Gasteiger partial charge in [0.05, 0.1) is 0 Å². The molecular weight excluding hydrogens is 141 g/mol. The maximum atomic E-state index is 8.59. The molecule has 0 rings (SSSR count). The van der Waals surface area contributed by atoms with Gasteiger partial charge in [0.15, 0.2) is 0 Å². The van der Waals surface area contributed by atoms with Gasteiger partial charge >= 0.3 is 52.1 Å². The van der Waals surface area contributed by atoms with E-state index in [4.69, 9.17) is 5.11 Å². The monoisotopic (exact) mass is 146 g/mol. The molecule has 0 fully saturated rings. The summed E-state index contributed by atoms with van der Waals surface area (Å²) in [7, 11) is 0. The van der Waals surface area contributed by atoms with Gasteiger partial charge in [-0.3, -0.25) is 0 Å². The van der Waals surface area contributed by atoms with E-state index < -0.39 is 0 Å². The number of aliphatic hydroxyl groups is 1. The van der Waals surface area contributed by atoms with Gasteiger partial charge in [-0.05, 0) is 0 Å². The molecule has 0 aliphatic carbocycles. The van der Waals surface area contributed by atoms with E-state index in [1.54, 1.807) is 6.08 Å². The Balaban J connectivity index is 3.72. The van der Waals surface area contributed by atoms with Crippen LogP contribution >= 0.6 is 0 Å². The maximum absolute atomic E-state index is 8.59. The zero-order chi connectivity index (χ0) is 5.70. The van der Waals surface area contributed by atoms with E-state index in [1.807, 2.05) is 4.61 Å². The second-order valence-corrected chi connectivity index (χ2v) is 2.02. The van der Waals surface area contributed by atoms with Crippen LogP contribution in [0.25, 0.3) is 0 Å². The molecule has 0 radical (unpaired) electrons. The Bertz CT molecular complexity index is 105. The van der Waals surface area contributed by atoms with Crippen LogP contribution in [0.5, 0.6) is 0 Å². The molecule has 0 aliphatic rings. The first kappa shape index (κ1) is 6.77. The molecule has 0 aliphatic heterocycles. The average molecular weight is 147 g/mol. The first-order valence-corrected chi connectivity index (χ1v) is 3.66. The molecule has 2 heteroatoms. The molecule has 0 amide bonds. The van der Waals surface area contributed by atoms with Gasteiger partial charge in [-0.1, -0.05) is 0 Å². The van der Waals surface area contributed by atoms with Gasteiger partial charge in [-0.2, -0.15) is 0 Å². The summed E-state index contributed by atoms with van der Waals surface area (Å²) in [5.41, 5.74) is 0. The molecule has 1 N–H and O–H groups in total.